The summed E-state index contributed by atoms with van der Waals surface area (Å²) in [7, 11) is 0. The summed E-state index contributed by atoms with van der Waals surface area (Å²) in [5.41, 5.74) is 0.225. The van der Waals surface area contributed by atoms with Crippen LogP contribution in [-0.2, 0) is 14.4 Å². The van der Waals surface area contributed by atoms with Crippen LogP contribution in [0, 0.1) is 17.8 Å². The summed E-state index contributed by atoms with van der Waals surface area (Å²) in [6, 6.07) is 8.09. The van der Waals surface area contributed by atoms with Gasteiger partial charge in [-0.05, 0) is 65.0 Å². The van der Waals surface area contributed by atoms with Gasteiger partial charge in [0.25, 0.3) is 0 Å². The molecule has 3 N–H and O–H groups in total. The zero-order chi connectivity index (χ0) is 25.8. The van der Waals surface area contributed by atoms with Crippen LogP contribution in [0.2, 0.25) is 0 Å². The van der Waals surface area contributed by atoms with Gasteiger partial charge in [-0.2, -0.15) is 0 Å². The highest BCUT2D eigenvalue weighted by Crippen LogP contribution is 2.71. The Balaban J connectivity index is 1.76. The molecule has 6 atom stereocenters. The monoisotopic (exact) mass is 501 g/mol. The maximum atomic E-state index is 14.2. The van der Waals surface area contributed by atoms with Gasteiger partial charge in [0.05, 0.1) is 29.2 Å². The number of aliphatic hydroxyl groups is 1. The van der Waals surface area contributed by atoms with Crippen LogP contribution in [0.5, 0.6) is 0 Å². The molecule has 3 aliphatic heterocycles. The zero-order valence-corrected chi connectivity index (χ0v) is 22.4. The largest absolute Gasteiger partial charge is 0.394 e. The number of carbonyl (C=O) groups is 3. The minimum absolute atomic E-state index is 0.174. The fourth-order valence-corrected chi connectivity index (χ4v) is 8.80. The Morgan fingerprint density at radius 1 is 1.17 bits per heavy atom. The van der Waals surface area contributed by atoms with Gasteiger partial charge in [-0.3, -0.25) is 14.4 Å². The van der Waals surface area contributed by atoms with Crippen molar-refractivity contribution in [3.8, 4) is 0 Å². The first kappa shape index (κ1) is 26.0. The molecule has 4 rings (SSSR count). The molecule has 35 heavy (non-hydrogen) atoms. The normalized spacial score (nSPS) is 32.6. The molecule has 1 aromatic rings. The minimum atomic E-state index is -0.725. The first-order valence-corrected chi connectivity index (χ1v) is 13.5. The third-order valence-corrected chi connectivity index (χ3v) is 9.62. The molecule has 7 nitrogen and oxygen atoms in total. The van der Waals surface area contributed by atoms with Crippen molar-refractivity contribution in [1.29, 1.82) is 0 Å². The van der Waals surface area contributed by atoms with Gasteiger partial charge in [-0.1, -0.05) is 32.0 Å². The smallest absolute Gasteiger partial charge is 0.244 e. The van der Waals surface area contributed by atoms with Crippen LogP contribution in [0.1, 0.15) is 60.8 Å². The number of anilines is 1. The predicted octanol–water partition coefficient (Wildman–Crippen LogP) is 3.43. The summed E-state index contributed by atoms with van der Waals surface area (Å²) >= 11 is 1.65. The van der Waals surface area contributed by atoms with Gasteiger partial charge in [-0.25, -0.2) is 0 Å². The van der Waals surface area contributed by atoms with E-state index in [4.69, 9.17) is 0 Å². The summed E-state index contributed by atoms with van der Waals surface area (Å²) < 4.78 is -1.12. The lowest BCUT2D eigenvalue weighted by atomic mass is 9.66. The van der Waals surface area contributed by atoms with Crippen LogP contribution >= 0.6 is 11.8 Å². The van der Waals surface area contributed by atoms with E-state index in [1.165, 1.54) is 0 Å². The van der Waals surface area contributed by atoms with E-state index in [2.05, 4.69) is 17.6 Å². The first-order chi connectivity index (χ1) is 16.3. The number of nitrogens with one attached hydrogen (secondary N) is 2. The molecule has 2 bridgehead atoms. The minimum Gasteiger partial charge on any atom is -0.394 e. The van der Waals surface area contributed by atoms with Gasteiger partial charge >= 0.3 is 0 Å². The van der Waals surface area contributed by atoms with Gasteiger partial charge in [-0.15, -0.1) is 11.8 Å². The Bertz CT molecular complexity index is 994. The van der Waals surface area contributed by atoms with Gasteiger partial charge < -0.3 is 20.6 Å². The highest BCUT2D eigenvalue weighted by atomic mass is 32.2. The number of hydrogen-bond acceptors (Lipinski definition) is 5. The lowest BCUT2D eigenvalue weighted by Crippen LogP contribution is -2.59. The molecule has 2 unspecified atom stereocenters. The number of fused-ring (bicyclic) bond motifs is 1. The highest BCUT2D eigenvalue weighted by Gasteiger charge is 2.77. The molecule has 3 aliphatic rings. The fraction of sp³-hybridized carbons (Fsp3) is 0.667. The van der Waals surface area contributed by atoms with Crippen molar-refractivity contribution in [2.45, 2.75) is 87.9 Å². The Hall–Kier alpha value is -2.06. The second-order valence-electron chi connectivity index (χ2n) is 12.0. The average Bonchev–Trinajstić information content (AvgIpc) is 3.32. The molecule has 0 saturated carbocycles. The first-order valence-electron chi connectivity index (χ1n) is 12.6. The lowest BCUT2D eigenvalue weighted by Gasteiger charge is -2.39. The number of hydrogen-bond donors (Lipinski definition) is 3. The van der Waals surface area contributed by atoms with Crippen molar-refractivity contribution in [3.63, 3.8) is 0 Å². The third-order valence-electron chi connectivity index (χ3n) is 7.63. The van der Waals surface area contributed by atoms with E-state index >= 15 is 0 Å². The maximum absolute atomic E-state index is 14.2. The standard InChI is InChI=1S/C27H39N3O4S/c1-16(2)14-18(15-31)30-21(23(33)29-25(3,4)5)27-13-12-26(6,35-27)19(20(27)24(30)34)22(32)28-17-10-8-7-9-11-17/h7-11,16,18-21,31H,12-15H2,1-6H3,(H,28,32)(H,29,33)/t18-,19+,20+,21?,26-,27?/m1/s1. The second kappa shape index (κ2) is 9.11. The van der Waals surface area contributed by atoms with Crippen LogP contribution in [0.25, 0.3) is 0 Å². The number of rotatable bonds is 7. The van der Waals surface area contributed by atoms with E-state index in [1.807, 2.05) is 65.0 Å². The molecule has 8 heteroatoms. The summed E-state index contributed by atoms with van der Waals surface area (Å²) in [4.78, 5) is 43.3. The fourth-order valence-electron chi connectivity index (χ4n) is 6.46. The van der Waals surface area contributed by atoms with Crippen molar-refractivity contribution < 1.29 is 19.5 Å². The van der Waals surface area contributed by atoms with Crippen LogP contribution < -0.4 is 10.6 Å². The van der Waals surface area contributed by atoms with Gasteiger partial charge in [0.1, 0.15) is 6.04 Å². The van der Waals surface area contributed by atoms with Gasteiger partial charge in [0.15, 0.2) is 0 Å². The SMILES string of the molecule is CC(C)C[C@H](CO)N1C(=O)[C@@H]2[C@@H](C(=O)Nc3ccccc3)[C@@]3(C)CCC2(S3)C1C(=O)NC(C)(C)C. The van der Waals surface area contributed by atoms with Crippen LogP contribution in [-0.4, -0.2) is 61.5 Å². The number of thioether (sulfide) groups is 1. The maximum Gasteiger partial charge on any atom is 0.244 e. The molecule has 3 saturated heterocycles. The summed E-state index contributed by atoms with van der Waals surface area (Å²) in [6.07, 6.45) is 2.04. The van der Waals surface area contributed by atoms with Gasteiger partial charge in [0.2, 0.25) is 17.7 Å². The quantitative estimate of drug-likeness (QED) is 0.532. The molecule has 192 valence electrons. The number of carbonyl (C=O) groups excluding carboxylic acids is 3. The van der Waals surface area contributed by atoms with Crippen molar-refractivity contribution in [1.82, 2.24) is 10.2 Å². The zero-order valence-electron chi connectivity index (χ0n) is 21.6. The van der Waals surface area contributed by atoms with E-state index in [0.717, 1.165) is 6.42 Å². The van der Waals surface area contributed by atoms with E-state index in [-0.39, 0.29) is 30.2 Å². The second-order valence-corrected chi connectivity index (χ2v) is 13.9. The Labute approximate surface area is 212 Å². The molecule has 0 aliphatic carbocycles. The number of benzene rings is 1. The summed E-state index contributed by atoms with van der Waals surface area (Å²) in [5, 5.41) is 16.5. The van der Waals surface area contributed by atoms with Crippen molar-refractivity contribution in [2.24, 2.45) is 17.8 Å². The van der Waals surface area contributed by atoms with Crippen LogP contribution in [0.3, 0.4) is 0 Å². The molecule has 3 heterocycles. The third kappa shape index (κ3) is 4.48. The Morgan fingerprint density at radius 2 is 1.83 bits per heavy atom. The molecule has 0 radical (unpaired) electrons. The van der Waals surface area contributed by atoms with E-state index in [0.29, 0.717) is 18.5 Å². The highest BCUT2D eigenvalue weighted by molar-refractivity contribution is 8.02. The van der Waals surface area contributed by atoms with E-state index in [9.17, 15) is 19.5 Å². The molecule has 3 amide bonds. The van der Waals surface area contributed by atoms with Crippen molar-refractivity contribution in [2.75, 3.05) is 11.9 Å². The average molecular weight is 502 g/mol. The Morgan fingerprint density at radius 3 is 2.40 bits per heavy atom. The van der Waals surface area contributed by atoms with Gasteiger partial charge in [0, 0.05) is 16.0 Å². The molecule has 0 aromatic heterocycles. The number of likely N-dealkylation sites (tertiary alicyclic amines) is 1. The van der Waals surface area contributed by atoms with E-state index < -0.39 is 39.0 Å². The van der Waals surface area contributed by atoms with Crippen molar-refractivity contribution in [3.05, 3.63) is 30.3 Å². The molecule has 1 spiro atoms. The Kier molecular flexibility index (Phi) is 6.77. The molecule has 3 fully saturated rings. The summed E-state index contributed by atoms with van der Waals surface area (Å²) in [5.74, 6) is -1.47. The number of aliphatic hydroxyl groups excluding tert-OH is 1. The van der Waals surface area contributed by atoms with Crippen LogP contribution in [0.15, 0.2) is 30.3 Å². The molecular weight excluding hydrogens is 462 g/mol. The predicted molar refractivity (Wildman–Crippen MR) is 139 cm³/mol. The lowest BCUT2D eigenvalue weighted by molar-refractivity contribution is -0.143. The van der Waals surface area contributed by atoms with Crippen LogP contribution in [0.4, 0.5) is 5.69 Å². The topological polar surface area (TPSA) is 98.7 Å². The number of amides is 3. The van der Waals surface area contributed by atoms with E-state index in [1.54, 1.807) is 16.7 Å². The molecular formula is C27H39N3O4S. The summed E-state index contributed by atoms with van der Waals surface area (Å²) in [6.45, 7) is 11.7. The van der Waals surface area contributed by atoms with Crippen molar-refractivity contribution >= 4 is 35.2 Å². The number of para-hydroxylation sites is 1. The molecule has 1 aromatic carbocycles. The number of nitrogens with zero attached hydrogens (tertiary/aromatic N) is 1.